The number of allylic oxidation sites excluding steroid dienone is 1. The molecule has 1 atom stereocenters. The fraction of sp³-hybridized carbons (Fsp3) is 0.476. The summed E-state index contributed by atoms with van der Waals surface area (Å²) in [6, 6.07) is 11.8. The summed E-state index contributed by atoms with van der Waals surface area (Å²) in [5, 5.41) is 9.79. The second-order valence-electron chi connectivity index (χ2n) is 15.8. The summed E-state index contributed by atoms with van der Waals surface area (Å²) in [6.45, 7) is 14.8. The molecule has 2 fully saturated rings. The Bertz CT molecular complexity index is 2040. The summed E-state index contributed by atoms with van der Waals surface area (Å²) < 4.78 is 13.5. The summed E-state index contributed by atoms with van der Waals surface area (Å²) >= 11 is 0. The van der Waals surface area contributed by atoms with Crippen LogP contribution in [0.1, 0.15) is 84.8 Å². The summed E-state index contributed by atoms with van der Waals surface area (Å²) in [5.74, 6) is 1.23. The van der Waals surface area contributed by atoms with Crippen molar-refractivity contribution in [2.45, 2.75) is 78.9 Å². The third kappa shape index (κ3) is 6.74. The lowest BCUT2D eigenvalue weighted by molar-refractivity contribution is -0.129. The maximum Gasteiger partial charge on any atom is 0.264 e. The zero-order valence-electron chi connectivity index (χ0n) is 32.1. The maximum absolute atomic E-state index is 14.4. The first-order valence-electron chi connectivity index (χ1n) is 18.1. The third-order valence-corrected chi connectivity index (χ3v) is 11.2. The van der Waals surface area contributed by atoms with Gasteiger partial charge in [-0.15, -0.1) is 0 Å². The van der Waals surface area contributed by atoms with E-state index in [0.717, 1.165) is 64.3 Å². The van der Waals surface area contributed by atoms with Crippen molar-refractivity contribution in [1.82, 2.24) is 19.3 Å². The number of aryl methyl sites for hydroxylation is 1. The molecule has 1 aliphatic carbocycles. The van der Waals surface area contributed by atoms with Crippen molar-refractivity contribution < 1.29 is 19.1 Å². The Kier molecular flexibility index (Phi) is 9.88. The topological polar surface area (TPSA) is 108 Å². The second kappa shape index (κ2) is 13.9. The van der Waals surface area contributed by atoms with Crippen LogP contribution in [0.15, 0.2) is 53.0 Å². The van der Waals surface area contributed by atoms with Gasteiger partial charge in [-0.3, -0.25) is 19.3 Å². The van der Waals surface area contributed by atoms with Gasteiger partial charge in [-0.05, 0) is 85.9 Å². The minimum atomic E-state index is -0.299. The van der Waals surface area contributed by atoms with Crippen LogP contribution in [0.2, 0.25) is 0 Å². The number of fused-ring (bicyclic) bond motifs is 1. The van der Waals surface area contributed by atoms with Crippen LogP contribution in [0, 0.1) is 30.6 Å². The quantitative estimate of drug-likeness (QED) is 0.215. The number of ether oxygens (including phenoxy) is 2. The Labute approximate surface area is 307 Å². The van der Waals surface area contributed by atoms with Gasteiger partial charge < -0.3 is 23.8 Å². The number of nitrogens with zero attached hydrogens (tertiary/aromatic N) is 5. The van der Waals surface area contributed by atoms with Crippen molar-refractivity contribution in [3.8, 4) is 28.7 Å². The highest BCUT2D eigenvalue weighted by molar-refractivity contribution is 5.99. The number of methoxy groups -OCH3 is 2. The van der Waals surface area contributed by atoms with Crippen molar-refractivity contribution in [2.75, 3.05) is 40.4 Å². The Morgan fingerprint density at radius 1 is 1.04 bits per heavy atom. The lowest BCUT2D eigenvalue weighted by atomic mass is 9.88. The van der Waals surface area contributed by atoms with Crippen LogP contribution in [0.4, 0.5) is 0 Å². The average Bonchev–Trinajstić information content (AvgIpc) is 3.89. The lowest BCUT2D eigenvalue weighted by Crippen LogP contribution is -2.56. The number of aromatic nitrogens is 1. The molecular weight excluding hydrogens is 654 g/mol. The van der Waals surface area contributed by atoms with Gasteiger partial charge in [0.1, 0.15) is 23.1 Å². The zero-order valence-corrected chi connectivity index (χ0v) is 32.1. The Hall–Kier alpha value is -4.88. The molecule has 1 saturated heterocycles. The number of rotatable bonds is 7. The first-order valence-corrected chi connectivity index (χ1v) is 18.1. The summed E-state index contributed by atoms with van der Waals surface area (Å²) in [4.78, 5) is 46.7. The molecule has 3 aromatic rings. The molecule has 1 unspecified atom stereocenters. The number of carbonyl (C=O) groups excluding carboxylic acids is 2. The van der Waals surface area contributed by atoms with Crippen molar-refractivity contribution in [1.29, 1.82) is 5.26 Å². The number of carbonyl (C=O) groups is 2. The predicted octanol–water partition coefficient (Wildman–Crippen LogP) is 6.12. The Morgan fingerprint density at radius 2 is 1.71 bits per heavy atom. The van der Waals surface area contributed by atoms with Gasteiger partial charge in [0.25, 0.3) is 17.4 Å². The van der Waals surface area contributed by atoms with Crippen LogP contribution in [0.5, 0.6) is 11.5 Å². The van der Waals surface area contributed by atoms with E-state index >= 15 is 0 Å². The molecule has 2 amide bonds. The van der Waals surface area contributed by atoms with Gasteiger partial charge in [-0.2, -0.15) is 5.26 Å². The normalized spacial score (nSPS) is 18.5. The van der Waals surface area contributed by atoms with Crippen molar-refractivity contribution in [3.05, 3.63) is 91.9 Å². The van der Waals surface area contributed by atoms with E-state index in [9.17, 15) is 19.6 Å². The van der Waals surface area contributed by atoms with Crippen LogP contribution in [-0.2, 0) is 24.8 Å². The number of benzene rings is 2. The Morgan fingerprint density at radius 3 is 2.31 bits per heavy atom. The van der Waals surface area contributed by atoms with Crippen molar-refractivity contribution in [3.63, 3.8) is 0 Å². The molecule has 1 saturated carbocycles. The minimum absolute atomic E-state index is 0.0110. The number of piperazine rings is 1. The number of amides is 2. The molecule has 0 bridgehead atoms. The molecule has 2 aliphatic heterocycles. The van der Waals surface area contributed by atoms with E-state index < -0.39 is 0 Å². The van der Waals surface area contributed by atoms with E-state index in [1.165, 1.54) is 0 Å². The molecule has 6 rings (SSSR count). The van der Waals surface area contributed by atoms with Gasteiger partial charge in [0, 0.05) is 62.7 Å². The van der Waals surface area contributed by atoms with E-state index in [-0.39, 0.29) is 39.9 Å². The van der Waals surface area contributed by atoms with E-state index in [2.05, 4.69) is 15.9 Å². The molecule has 1 spiro atoms. The minimum Gasteiger partial charge on any atom is -0.496 e. The molecule has 3 aliphatic rings. The largest absolute Gasteiger partial charge is 0.496 e. The Balaban J connectivity index is 1.21. The van der Waals surface area contributed by atoms with Gasteiger partial charge in [-0.1, -0.05) is 39.0 Å². The molecule has 3 heterocycles. The SMILES string of the molecule is COc1cc(-c2cn(C)c(=O)c(C)c2C)cc(OC)c1CN1CCN(C(=O)c2cccc3c2CCN(C(=O)C(C#N)=CC(C)(C)C)C3C)C2(CC2)C1. The van der Waals surface area contributed by atoms with Gasteiger partial charge in [0.2, 0.25) is 0 Å². The van der Waals surface area contributed by atoms with Crippen LogP contribution in [-0.4, -0.2) is 77.0 Å². The van der Waals surface area contributed by atoms with Gasteiger partial charge in [0.15, 0.2) is 0 Å². The first-order chi connectivity index (χ1) is 24.6. The average molecular weight is 706 g/mol. The van der Waals surface area contributed by atoms with Crippen LogP contribution >= 0.6 is 0 Å². The van der Waals surface area contributed by atoms with Gasteiger partial charge in [0.05, 0.1) is 31.4 Å². The standard InChI is InChI=1S/C42H51N5O5/c1-26-27(2)38(48)44(7)23-34(26)29-19-36(51-8)35(37(20-29)52-9)24-45-17-18-47(42(25-45)14-15-42)40(50)33-12-10-11-31-28(3)46(16-13-32(31)33)39(49)30(22-43)21-41(4,5)6/h10-12,19-21,23,28H,13-18,24-25H2,1-9H3. The summed E-state index contributed by atoms with van der Waals surface area (Å²) in [6.07, 6.45) is 6.05. The molecule has 0 radical (unpaired) electrons. The molecule has 0 N–H and O–H groups in total. The molecular formula is C42H51N5O5. The molecule has 10 heteroatoms. The highest BCUT2D eigenvalue weighted by atomic mass is 16.5. The number of hydrogen-bond acceptors (Lipinski definition) is 7. The van der Waals surface area contributed by atoms with Crippen molar-refractivity contribution in [2.24, 2.45) is 12.5 Å². The zero-order chi connectivity index (χ0) is 37.7. The van der Waals surface area contributed by atoms with Gasteiger partial charge in [-0.25, -0.2) is 0 Å². The predicted molar refractivity (Wildman–Crippen MR) is 201 cm³/mol. The van der Waals surface area contributed by atoms with Crippen LogP contribution in [0.25, 0.3) is 11.1 Å². The number of pyridine rings is 1. The van der Waals surface area contributed by atoms with Crippen molar-refractivity contribution >= 4 is 11.8 Å². The second-order valence-corrected chi connectivity index (χ2v) is 15.8. The van der Waals surface area contributed by atoms with E-state index in [1.807, 2.05) is 78.1 Å². The smallest absolute Gasteiger partial charge is 0.264 e. The number of nitriles is 1. The molecule has 2 aromatic carbocycles. The van der Waals surface area contributed by atoms with E-state index in [4.69, 9.17) is 9.47 Å². The monoisotopic (exact) mass is 705 g/mol. The van der Waals surface area contributed by atoms with Crippen LogP contribution in [0.3, 0.4) is 0 Å². The van der Waals surface area contributed by atoms with Gasteiger partial charge >= 0.3 is 0 Å². The molecule has 52 heavy (non-hydrogen) atoms. The molecule has 274 valence electrons. The fourth-order valence-electron chi connectivity index (χ4n) is 8.09. The lowest BCUT2D eigenvalue weighted by Gasteiger charge is -2.43. The summed E-state index contributed by atoms with van der Waals surface area (Å²) in [7, 11) is 5.10. The highest BCUT2D eigenvalue weighted by Gasteiger charge is 2.53. The first kappa shape index (κ1) is 36.9. The fourth-order valence-corrected chi connectivity index (χ4v) is 8.09. The van der Waals surface area contributed by atoms with E-state index in [0.29, 0.717) is 43.7 Å². The summed E-state index contributed by atoms with van der Waals surface area (Å²) in [5.41, 5.74) is 6.75. The van der Waals surface area contributed by atoms with Crippen LogP contribution < -0.4 is 15.0 Å². The van der Waals surface area contributed by atoms with E-state index in [1.54, 1.807) is 36.8 Å². The molecule has 10 nitrogen and oxygen atoms in total. The molecule has 1 aromatic heterocycles. The third-order valence-electron chi connectivity index (χ3n) is 11.2. The highest BCUT2D eigenvalue weighted by Crippen LogP contribution is 2.47. The maximum atomic E-state index is 14.4. The number of hydrogen-bond donors (Lipinski definition) is 0.